The molecule has 0 fully saturated rings. The normalized spacial score (nSPS) is 11.4. The van der Waals surface area contributed by atoms with Crippen LogP contribution in [0.5, 0.6) is 5.75 Å². The number of hydrogen-bond acceptors (Lipinski definition) is 3. The third-order valence-corrected chi connectivity index (χ3v) is 1.82. The van der Waals surface area contributed by atoms with Crippen molar-refractivity contribution in [3.8, 4) is 17.0 Å². The number of benzene rings is 1. The van der Waals surface area contributed by atoms with Crippen molar-refractivity contribution < 1.29 is 22.3 Å². The molecule has 0 bridgehead atoms. The minimum atomic E-state index is -4.67. The summed E-state index contributed by atoms with van der Waals surface area (Å²) < 4.78 is 44.1. The summed E-state index contributed by atoms with van der Waals surface area (Å²) in [6.07, 6.45) is -2.02. The number of hydrogen-bond donors (Lipinski definition) is 0. The Morgan fingerprint density at radius 1 is 1.12 bits per heavy atom. The number of halogens is 3. The molecule has 0 radical (unpaired) electrons. The first-order chi connectivity index (χ1) is 7.54. The van der Waals surface area contributed by atoms with Crippen LogP contribution >= 0.6 is 0 Å². The Morgan fingerprint density at radius 2 is 1.81 bits per heavy atom. The van der Waals surface area contributed by atoms with Crippen molar-refractivity contribution in [2.75, 3.05) is 0 Å². The van der Waals surface area contributed by atoms with Crippen LogP contribution in [-0.4, -0.2) is 11.3 Å². The zero-order valence-electron chi connectivity index (χ0n) is 7.86. The SMILES string of the molecule is FC(F)(F)Oc1ccc(-c2cocn2)cc1. The highest BCUT2D eigenvalue weighted by Gasteiger charge is 2.30. The van der Waals surface area contributed by atoms with Crippen LogP contribution in [0.3, 0.4) is 0 Å². The molecule has 0 amide bonds. The molecule has 0 aliphatic carbocycles. The maximum Gasteiger partial charge on any atom is 0.573 e. The molecular formula is C10H6F3NO2. The summed E-state index contributed by atoms with van der Waals surface area (Å²) in [5.41, 5.74) is 1.21. The van der Waals surface area contributed by atoms with Crippen LogP contribution < -0.4 is 4.74 Å². The maximum absolute atomic E-state index is 11.9. The van der Waals surface area contributed by atoms with Gasteiger partial charge in [0.15, 0.2) is 6.39 Å². The van der Waals surface area contributed by atoms with Gasteiger partial charge < -0.3 is 9.15 Å². The molecule has 1 aromatic carbocycles. The van der Waals surface area contributed by atoms with E-state index in [-0.39, 0.29) is 5.75 Å². The van der Waals surface area contributed by atoms with Gasteiger partial charge in [-0.2, -0.15) is 0 Å². The standard InChI is InChI=1S/C10H6F3NO2/c11-10(12,13)16-8-3-1-7(2-4-8)9-5-15-6-14-9/h1-6H. The van der Waals surface area contributed by atoms with Gasteiger partial charge >= 0.3 is 6.36 Å². The van der Waals surface area contributed by atoms with E-state index in [2.05, 4.69) is 9.72 Å². The van der Waals surface area contributed by atoms with Gasteiger partial charge in [0.2, 0.25) is 0 Å². The lowest BCUT2D eigenvalue weighted by molar-refractivity contribution is -0.274. The van der Waals surface area contributed by atoms with Gasteiger partial charge in [-0.15, -0.1) is 13.2 Å². The summed E-state index contributed by atoms with van der Waals surface area (Å²) in [6, 6.07) is 5.38. The average molecular weight is 229 g/mol. The molecule has 84 valence electrons. The largest absolute Gasteiger partial charge is 0.573 e. The van der Waals surface area contributed by atoms with Crippen molar-refractivity contribution in [3.63, 3.8) is 0 Å². The number of rotatable bonds is 2. The van der Waals surface area contributed by atoms with Gasteiger partial charge in [0.1, 0.15) is 17.7 Å². The smallest absolute Gasteiger partial charge is 0.451 e. The van der Waals surface area contributed by atoms with E-state index in [1.54, 1.807) is 0 Å². The molecule has 0 saturated carbocycles. The molecule has 0 spiro atoms. The van der Waals surface area contributed by atoms with Gasteiger partial charge in [-0.3, -0.25) is 0 Å². The van der Waals surface area contributed by atoms with Crippen molar-refractivity contribution in [2.24, 2.45) is 0 Å². The van der Waals surface area contributed by atoms with Crippen LogP contribution in [0.2, 0.25) is 0 Å². The Morgan fingerprint density at radius 3 is 2.31 bits per heavy atom. The quantitative estimate of drug-likeness (QED) is 0.792. The highest BCUT2D eigenvalue weighted by Crippen LogP contribution is 2.25. The molecular weight excluding hydrogens is 223 g/mol. The number of aromatic nitrogens is 1. The number of oxazole rings is 1. The molecule has 0 unspecified atom stereocenters. The van der Waals surface area contributed by atoms with Crippen molar-refractivity contribution in [1.82, 2.24) is 4.98 Å². The zero-order valence-corrected chi connectivity index (χ0v) is 7.86. The summed E-state index contributed by atoms with van der Waals surface area (Å²) in [6.45, 7) is 0. The predicted octanol–water partition coefficient (Wildman–Crippen LogP) is 3.24. The molecule has 0 saturated heterocycles. The molecule has 1 heterocycles. The summed E-state index contributed by atoms with van der Waals surface area (Å²) >= 11 is 0. The minimum absolute atomic E-state index is 0.264. The topological polar surface area (TPSA) is 35.3 Å². The third-order valence-electron chi connectivity index (χ3n) is 1.82. The van der Waals surface area contributed by atoms with Crippen molar-refractivity contribution in [1.29, 1.82) is 0 Å². The second kappa shape index (κ2) is 3.88. The predicted molar refractivity (Wildman–Crippen MR) is 48.6 cm³/mol. The van der Waals surface area contributed by atoms with Gasteiger partial charge in [0.05, 0.1) is 0 Å². The van der Waals surface area contributed by atoms with E-state index < -0.39 is 6.36 Å². The number of alkyl halides is 3. The first-order valence-corrected chi connectivity index (χ1v) is 4.29. The molecule has 6 heteroatoms. The van der Waals surface area contributed by atoms with Crippen molar-refractivity contribution in [2.45, 2.75) is 6.36 Å². The van der Waals surface area contributed by atoms with Crippen LogP contribution in [0.25, 0.3) is 11.3 Å². The average Bonchev–Trinajstić information content (AvgIpc) is 2.69. The molecule has 3 nitrogen and oxygen atoms in total. The Hall–Kier alpha value is -1.98. The first-order valence-electron chi connectivity index (χ1n) is 4.29. The first kappa shape index (κ1) is 10.5. The Kier molecular flexibility index (Phi) is 2.55. The summed E-state index contributed by atoms with van der Waals surface area (Å²) in [5, 5.41) is 0. The molecule has 0 aliphatic rings. The van der Waals surface area contributed by atoms with Crippen molar-refractivity contribution >= 4 is 0 Å². The van der Waals surface area contributed by atoms with Crippen molar-refractivity contribution in [3.05, 3.63) is 36.9 Å². The minimum Gasteiger partial charge on any atom is -0.451 e. The lowest BCUT2D eigenvalue weighted by Crippen LogP contribution is -2.16. The van der Waals surface area contributed by atoms with E-state index in [4.69, 9.17) is 4.42 Å². The molecule has 1 aromatic heterocycles. The Labute approximate surface area is 88.5 Å². The second-order valence-corrected chi connectivity index (χ2v) is 2.95. The fraction of sp³-hybridized carbons (Fsp3) is 0.100. The van der Waals surface area contributed by atoms with Crippen LogP contribution in [0.1, 0.15) is 0 Å². The van der Waals surface area contributed by atoms with Gasteiger partial charge in [0.25, 0.3) is 0 Å². The third kappa shape index (κ3) is 2.53. The lowest BCUT2D eigenvalue weighted by atomic mass is 10.2. The Balaban J connectivity index is 2.17. The van der Waals surface area contributed by atoms with Gasteiger partial charge in [0, 0.05) is 5.56 Å². The monoisotopic (exact) mass is 229 g/mol. The van der Waals surface area contributed by atoms with E-state index in [0.717, 1.165) is 0 Å². The fourth-order valence-electron chi connectivity index (χ4n) is 1.18. The second-order valence-electron chi connectivity index (χ2n) is 2.95. The maximum atomic E-state index is 11.9. The van der Waals surface area contributed by atoms with Crippen LogP contribution in [-0.2, 0) is 0 Å². The molecule has 0 atom stereocenters. The van der Waals surface area contributed by atoms with E-state index in [1.165, 1.54) is 36.9 Å². The van der Waals surface area contributed by atoms with Crippen LogP contribution in [0.4, 0.5) is 13.2 Å². The van der Waals surface area contributed by atoms with Crippen LogP contribution in [0, 0.1) is 0 Å². The molecule has 2 rings (SSSR count). The number of nitrogens with zero attached hydrogens (tertiary/aromatic N) is 1. The fourth-order valence-corrected chi connectivity index (χ4v) is 1.18. The highest BCUT2D eigenvalue weighted by molar-refractivity contribution is 5.58. The molecule has 2 aromatic rings. The van der Waals surface area contributed by atoms with E-state index in [1.807, 2.05) is 0 Å². The highest BCUT2D eigenvalue weighted by atomic mass is 19.4. The molecule has 0 aliphatic heterocycles. The van der Waals surface area contributed by atoms with E-state index in [0.29, 0.717) is 11.3 Å². The van der Waals surface area contributed by atoms with Gasteiger partial charge in [-0.25, -0.2) is 4.98 Å². The van der Waals surface area contributed by atoms with E-state index >= 15 is 0 Å². The zero-order chi connectivity index (χ0) is 11.6. The van der Waals surface area contributed by atoms with Gasteiger partial charge in [-0.05, 0) is 24.3 Å². The van der Waals surface area contributed by atoms with Gasteiger partial charge in [-0.1, -0.05) is 0 Å². The lowest BCUT2D eigenvalue weighted by Gasteiger charge is -2.08. The summed E-state index contributed by atoms with van der Waals surface area (Å²) in [7, 11) is 0. The number of ether oxygens (including phenoxy) is 1. The van der Waals surface area contributed by atoms with E-state index in [9.17, 15) is 13.2 Å². The Bertz CT molecular complexity index is 448. The molecule has 16 heavy (non-hydrogen) atoms. The summed E-state index contributed by atoms with van der Waals surface area (Å²) in [4.78, 5) is 3.86. The molecule has 0 N–H and O–H groups in total. The van der Waals surface area contributed by atoms with Crippen LogP contribution in [0.15, 0.2) is 41.3 Å². The summed E-state index contributed by atoms with van der Waals surface area (Å²) in [5.74, 6) is -0.264.